The van der Waals surface area contributed by atoms with Gasteiger partial charge in [0.2, 0.25) is 0 Å². The van der Waals surface area contributed by atoms with Crippen molar-refractivity contribution in [1.29, 1.82) is 0 Å². The molecule has 9 nitrogen and oxygen atoms in total. The van der Waals surface area contributed by atoms with Crippen LogP contribution in [0.25, 0.3) is 0 Å². The first-order valence-electron chi connectivity index (χ1n) is 11.4. The lowest BCUT2D eigenvalue weighted by atomic mass is 10.0. The van der Waals surface area contributed by atoms with E-state index in [4.69, 9.17) is 19.7 Å². The van der Waals surface area contributed by atoms with Crippen molar-refractivity contribution in [3.05, 3.63) is 58.9 Å². The van der Waals surface area contributed by atoms with E-state index < -0.39 is 11.9 Å². The number of hydrogen-bond donors (Lipinski definition) is 3. The first-order valence-corrected chi connectivity index (χ1v) is 11.4. The van der Waals surface area contributed by atoms with Crippen LogP contribution < -0.4 is 15.0 Å². The quantitative estimate of drug-likeness (QED) is 0.567. The van der Waals surface area contributed by atoms with Crippen LogP contribution in [0.3, 0.4) is 0 Å². The van der Waals surface area contributed by atoms with Crippen LogP contribution in [0.2, 0.25) is 0 Å². The number of fused-ring (bicyclic) bond motifs is 2. The van der Waals surface area contributed by atoms with E-state index in [9.17, 15) is 18.8 Å². The van der Waals surface area contributed by atoms with Crippen LogP contribution in [-0.4, -0.2) is 61.1 Å². The molecule has 2 aliphatic rings. The van der Waals surface area contributed by atoms with Gasteiger partial charge in [-0.2, -0.15) is 0 Å². The van der Waals surface area contributed by atoms with Crippen molar-refractivity contribution in [2.75, 3.05) is 37.7 Å². The standard InChI is InChI=1S/C21H23FN2O3.C4H6O4/c22-18-3-1-15(2-4-18)7-11-27-21(25)24-10-12-26-20-14-17-6-9-23-8-5-16(17)13-19(20)24;5-3(6)1-2-4(7)8/h1-4,13-14,23H,5-12H2;1-2H2,(H,5,6)(H,7,8). The molecule has 1 amide bonds. The van der Waals surface area contributed by atoms with Crippen molar-refractivity contribution < 1.29 is 38.5 Å². The third-order valence-corrected chi connectivity index (χ3v) is 5.59. The molecule has 0 radical (unpaired) electrons. The van der Waals surface area contributed by atoms with Crippen LogP contribution in [0.1, 0.15) is 29.5 Å². The average Bonchev–Trinajstić information content (AvgIpc) is 3.07. The summed E-state index contributed by atoms with van der Waals surface area (Å²) in [7, 11) is 0. The van der Waals surface area contributed by atoms with Gasteiger partial charge in [0, 0.05) is 6.42 Å². The summed E-state index contributed by atoms with van der Waals surface area (Å²) in [5.74, 6) is -1.67. The fraction of sp³-hybridized carbons (Fsp3) is 0.400. The maximum Gasteiger partial charge on any atom is 0.414 e. The molecule has 35 heavy (non-hydrogen) atoms. The summed E-state index contributed by atoms with van der Waals surface area (Å²) >= 11 is 0. The molecule has 2 heterocycles. The number of nitrogens with one attached hydrogen (secondary N) is 1. The van der Waals surface area contributed by atoms with Crippen molar-refractivity contribution in [3.63, 3.8) is 0 Å². The third kappa shape index (κ3) is 7.96. The Morgan fingerprint density at radius 2 is 1.63 bits per heavy atom. The Bertz CT molecular complexity index is 1030. The lowest BCUT2D eigenvalue weighted by Gasteiger charge is -2.30. The minimum Gasteiger partial charge on any atom is -0.490 e. The Labute approximate surface area is 202 Å². The Kier molecular flexibility index (Phi) is 9.42. The van der Waals surface area contributed by atoms with Crippen LogP contribution in [0, 0.1) is 5.82 Å². The second-order valence-electron chi connectivity index (χ2n) is 8.12. The van der Waals surface area contributed by atoms with E-state index in [1.165, 1.54) is 23.3 Å². The fourth-order valence-corrected chi connectivity index (χ4v) is 3.77. The van der Waals surface area contributed by atoms with Crippen LogP contribution in [-0.2, 0) is 33.6 Å². The number of aliphatic carboxylic acids is 2. The maximum atomic E-state index is 13.0. The zero-order chi connectivity index (χ0) is 25.2. The van der Waals surface area contributed by atoms with Crippen LogP contribution in [0.15, 0.2) is 36.4 Å². The van der Waals surface area contributed by atoms with Crippen molar-refractivity contribution >= 4 is 23.7 Å². The van der Waals surface area contributed by atoms with Gasteiger partial charge in [0.05, 0.1) is 31.7 Å². The normalized spacial score (nSPS) is 14.3. The second kappa shape index (κ2) is 12.7. The van der Waals surface area contributed by atoms with Crippen LogP contribution >= 0.6 is 0 Å². The molecule has 188 valence electrons. The predicted molar refractivity (Wildman–Crippen MR) is 126 cm³/mol. The molecule has 0 fully saturated rings. The molecule has 0 spiro atoms. The predicted octanol–water partition coefficient (Wildman–Crippen LogP) is 3.03. The monoisotopic (exact) mass is 488 g/mol. The number of ether oxygens (including phenoxy) is 2. The molecule has 0 aromatic heterocycles. The molecule has 2 aromatic rings. The summed E-state index contributed by atoms with van der Waals surface area (Å²) in [5, 5.41) is 19.2. The van der Waals surface area contributed by atoms with Gasteiger partial charge in [0.1, 0.15) is 18.2 Å². The number of carbonyl (C=O) groups excluding carboxylic acids is 1. The molecule has 0 aliphatic carbocycles. The number of carbonyl (C=O) groups is 3. The van der Waals surface area contributed by atoms with E-state index in [0.29, 0.717) is 19.6 Å². The molecule has 2 aliphatic heterocycles. The number of anilines is 1. The van der Waals surface area contributed by atoms with Crippen LogP contribution in [0.4, 0.5) is 14.9 Å². The van der Waals surface area contributed by atoms with Gasteiger partial charge >= 0.3 is 18.0 Å². The van der Waals surface area contributed by atoms with E-state index in [1.807, 2.05) is 0 Å². The first kappa shape index (κ1) is 26.0. The highest BCUT2D eigenvalue weighted by atomic mass is 19.1. The van der Waals surface area contributed by atoms with E-state index in [-0.39, 0.29) is 31.4 Å². The van der Waals surface area contributed by atoms with Gasteiger partial charge in [0.25, 0.3) is 0 Å². The Balaban J connectivity index is 0.000000371. The van der Waals surface area contributed by atoms with Gasteiger partial charge in [-0.25, -0.2) is 9.18 Å². The van der Waals surface area contributed by atoms with Gasteiger partial charge in [0.15, 0.2) is 0 Å². The molecule has 4 rings (SSSR count). The van der Waals surface area contributed by atoms with Gasteiger partial charge in [-0.15, -0.1) is 0 Å². The number of hydrogen-bond acceptors (Lipinski definition) is 6. The summed E-state index contributed by atoms with van der Waals surface area (Å²) in [6.45, 7) is 3.08. The Hall–Kier alpha value is -3.66. The number of carboxylic acid groups (broad SMARTS) is 2. The summed E-state index contributed by atoms with van der Waals surface area (Å²) in [6.07, 6.45) is 1.50. The zero-order valence-corrected chi connectivity index (χ0v) is 19.3. The summed E-state index contributed by atoms with van der Waals surface area (Å²) in [4.78, 5) is 33.6. The SMILES string of the molecule is O=C(O)CCC(=O)O.O=C(OCCc1ccc(F)cc1)N1CCOc2cc3c(cc21)CCNCC3. The Morgan fingerprint density at radius 3 is 2.26 bits per heavy atom. The van der Waals surface area contributed by atoms with E-state index in [2.05, 4.69) is 17.4 Å². The molecule has 0 saturated carbocycles. The number of amides is 1. The molecule has 0 saturated heterocycles. The molecular weight excluding hydrogens is 459 g/mol. The molecule has 2 aromatic carbocycles. The lowest BCUT2D eigenvalue weighted by Crippen LogP contribution is -2.38. The highest BCUT2D eigenvalue weighted by Gasteiger charge is 2.26. The molecular formula is C25H29FN2O7. The smallest absolute Gasteiger partial charge is 0.414 e. The first-order chi connectivity index (χ1) is 16.8. The number of nitrogens with zero attached hydrogens (tertiary/aromatic N) is 1. The van der Waals surface area contributed by atoms with Crippen molar-refractivity contribution in [2.45, 2.75) is 32.1 Å². The van der Waals surface area contributed by atoms with Crippen molar-refractivity contribution in [1.82, 2.24) is 5.32 Å². The lowest BCUT2D eigenvalue weighted by molar-refractivity contribution is -0.143. The maximum absolute atomic E-state index is 13.0. The van der Waals surface area contributed by atoms with Crippen molar-refractivity contribution in [3.8, 4) is 5.75 Å². The highest BCUT2D eigenvalue weighted by Crippen LogP contribution is 2.35. The molecule has 0 unspecified atom stereocenters. The summed E-state index contributed by atoms with van der Waals surface area (Å²) < 4.78 is 24.2. The van der Waals surface area contributed by atoms with Gasteiger partial charge in [-0.1, -0.05) is 12.1 Å². The largest absolute Gasteiger partial charge is 0.490 e. The van der Waals surface area contributed by atoms with E-state index in [1.54, 1.807) is 17.0 Å². The number of benzene rings is 2. The molecule has 3 N–H and O–H groups in total. The number of carboxylic acids is 2. The summed E-state index contributed by atoms with van der Waals surface area (Å²) in [6, 6.07) is 10.4. The minimum absolute atomic E-state index is 0.256. The van der Waals surface area contributed by atoms with E-state index >= 15 is 0 Å². The van der Waals surface area contributed by atoms with Crippen molar-refractivity contribution in [2.24, 2.45) is 0 Å². The second-order valence-corrected chi connectivity index (χ2v) is 8.12. The van der Waals surface area contributed by atoms with Crippen LogP contribution in [0.5, 0.6) is 5.75 Å². The molecule has 10 heteroatoms. The van der Waals surface area contributed by atoms with Gasteiger partial charge in [-0.3, -0.25) is 14.5 Å². The summed E-state index contributed by atoms with van der Waals surface area (Å²) in [5.41, 5.74) is 4.26. The topological polar surface area (TPSA) is 125 Å². The van der Waals surface area contributed by atoms with E-state index in [0.717, 1.165) is 42.9 Å². The van der Waals surface area contributed by atoms with Gasteiger partial charge in [-0.05, 0) is 66.9 Å². The number of rotatable bonds is 6. The van der Waals surface area contributed by atoms with Gasteiger partial charge < -0.3 is 25.0 Å². The third-order valence-electron chi connectivity index (χ3n) is 5.59. The molecule has 0 bridgehead atoms. The average molecular weight is 489 g/mol. The zero-order valence-electron chi connectivity index (χ0n) is 19.3. The molecule has 0 atom stereocenters. The number of halogens is 1. The fourth-order valence-electron chi connectivity index (χ4n) is 3.77. The minimum atomic E-state index is -1.08. The highest BCUT2D eigenvalue weighted by molar-refractivity contribution is 5.90. The Morgan fingerprint density at radius 1 is 1.00 bits per heavy atom.